The van der Waals surface area contributed by atoms with Gasteiger partial charge in [0.05, 0.1) is 17.1 Å². The van der Waals surface area contributed by atoms with Gasteiger partial charge in [0.2, 0.25) is 0 Å². The number of aromatic nitrogens is 3. The van der Waals surface area contributed by atoms with Crippen LogP contribution in [0.15, 0.2) is 30.5 Å². The number of aromatic amines is 1. The lowest BCUT2D eigenvalue weighted by atomic mass is 10.1. The molecule has 3 aromatic rings. The fourth-order valence-corrected chi connectivity index (χ4v) is 2.32. The average molecular weight is 268 g/mol. The number of amides is 1. The van der Waals surface area contributed by atoms with Crippen molar-refractivity contribution in [3.8, 4) is 0 Å². The molecule has 0 saturated carbocycles. The number of aryl methyl sites for hydroxylation is 3. The van der Waals surface area contributed by atoms with Crippen LogP contribution in [0.5, 0.6) is 0 Å². The van der Waals surface area contributed by atoms with Gasteiger partial charge in [-0.3, -0.25) is 9.89 Å². The van der Waals surface area contributed by atoms with Gasteiger partial charge in [-0.1, -0.05) is 6.07 Å². The van der Waals surface area contributed by atoms with Gasteiger partial charge >= 0.3 is 0 Å². The Hall–Kier alpha value is -2.56. The van der Waals surface area contributed by atoms with E-state index in [0.29, 0.717) is 5.56 Å². The molecule has 2 aromatic heterocycles. The summed E-state index contributed by atoms with van der Waals surface area (Å²) in [6.07, 6.45) is 1.98. The highest BCUT2D eigenvalue weighted by molar-refractivity contribution is 6.06. The van der Waals surface area contributed by atoms with Crippen molar-refractivity contribution in [1.29, 1.82) is 0 Å². The minimum absolute atomic E-state index is 0.124. The first-order valence-electron chi connectivity index (χ1n) is 6.44. The summed E-state index contributed by atoms with van der Waals surface area (Å²) < 4.78 is 2.00. The molecule has 5 nitrogen and oxygen atoms in total. The lowest BCUT2D eigenvalue weighted by Crippen LogP contribution is -2.13. The molecule has 2 heterocycles. The molecule has 102 valence electrons. The van der Waals surface area contributed by atoms with Gasteiger partial charge in [-0.25, -0.2) is 0 Å². The topological polar surface area (TPSA) is 62.7 Å². The number of carbonyl (C=O) groups excluding carboxylic acids is 1. The third-order valence-corrected chi connectivity index (χ3v) is 3.52. The van der Waals surface area contributed by atoms with Gasteiger partial charge < -0.3 is 9.88 Å². The number of rotatable bonds is 2. The van der Waals surface area contributed by atoms with Gasteiger partial charge in [-0.2, -0.15) is 5.10 Å². The zero-order valence-corrected chi connectivity index (χ0v) is 11.7. The molecule has 20 heavy (non-hydrogen) atoms. The molecule has 0 saturated heterocycles. The highest BCUT2D eigenvalue weighted by Gasteiger charge is 2.12. The largest absolute Gasteiger partial charge is 0.351 e. The highest BCUT2D eigenvalue weighted by Crippen LogP contribution is 2.20. The Balaban J connectivity index is 1.94. The Labute approximate surface area is 116 Å². The molecule has 0 aliphatic carbocycles. The van der Waals surface area contributed by atoms with Crippen molar-refractivity contribution < 1.29 is 4.79 Å². The van der Waals surface area contributed by atoms with Gasteiger partial charge in [0.25, 0.3) is 5.91 Å². The van der Waals surface area contributed by atoms with Crippen molar-refractivity contribution >= 4 is 22.5 Å². The third kappa shape index (κ3) is 1.97. The number of H-pyrrole nitrogens is 1. The fourth-order valence-electron chi connectivity index (χ4n) is 2.32. The van der Waals surface area contributed by atoms with E-state index in [9.17, 15) is 4.79 Å². The molecule has 5 heteroatoms. The summed E-state index contributed by atoms with van der Waals surface area (Å²) in [6.45, 7) is 3.75. The highest BCUT2D eigenvalue weighted by atomic mass is 16.1. The van der Waals surface area contributed by atoms with Crippen LogP contribution in [0.3, 0.4) is 0 Å². The third-order valence-electron chi connectivity index (χ3n) is 3.52. The van der Waals surface area contributed by atoms with Gasteiger partial charge in [-0.15, -0.1) is 0 Å². The Kier molecular flexibility index (Phi) is 2.82. The molecule has 0 unspecified atom stereocenters. The summed E-state index contributed by atoms with van der Waals surface area (Å²) in [5.41, 5.74) is 4.08. The van der Waals surface area contributed by atoms with E-state index in [2.05, 4.69) is 15.5 Å². The number of hydrogen-bond donors (Lipinski definition) is 2. The first kappa shape index (κ1) is 12.5. The van der Waals surface area contributed by atoms with Crippen LogP contribution >= 0.6 is 0 Å². The number of carbonyl (C=O) groups is 1. The first-order valence-corrected chi connectivity index (χ1v) is 6.44. The van der Waals surface area contributed by atoms with Crippen molar-refractivity contribution in [2.24, 2.45) is 7.05 Å². The summed E-state index contributed by atoms with van der Waals surface area (Å²) in [7, 11) is 1.97. The molecule has 2 N–H and O–H groups in total. The monoisotopic (exact) mass is 268 g/mol. The van der Waals surface area contributed by atoms with Crippen LogP contribution in [0.1, 0.15) is 21.7 Å². The predicted molar refractivity (Wildman–Crippen MR) is 78.9 cm³/mol. The number of fused-ring (bicyclic) bond motifs is 1. The second kappa shape index (κ2) is 4.52. The molecule has 0 atom stereocenters. The lowest BCUT2D eigenvalue weighted by molar-refractivity contribution is 0.102. The van der Waals surface area contributed by atoms with Gasteiger partial charge in [0.1, 0.15) is 0 Å². The molecule has 0 aliphatic rings. The van der Waals surface area contributed by atoms with Crippen LogP contribution in [0.25, 0.3) is 10.9 Å². The van der Waals surface area contributed by atoms with Crippen LogP contribution < -0.4 is 5.32 Å². The standard InChI is InChI=1S/C15H16N4O/c1-9-14(10(2)18-17-9)16-15(20)12-5-4-11-6-7-19(3)13(11)8-12/h4-8H,1-3H3,(H,16,20)(H,17,18). The van der Waals surface area contributed by atoms with Crippen LogP contribution in [0.2, 0.25) is 0 Å². The van der Waals surface area contributed by atoms with E-state index in [0.717, 1.165) is 28.0 Å². The maximum atomic E-state index is 12.3. The molecule has 0 aliphatic heterocycles. The van der Waals surface area contributed by atoms with E-state index in [1.807, 2.05) is 55.9 Å². The SMILES string of the molecule is Cc1n[nH]c(C)c1NC(=O)c1ccc2ccn(C)c2c1. The molecule has 0 fully saturated rings. The maximum absolute atomic E-state index is 12.3. The van der Waals surface area contributed by atoms with Crippen molar-refractivity contribution in [1.82, 2.24) is 14.8 Å². The van der Waals surface area contributed by atoms with Crippen molar-refractivity contribution in [2.45, 2.75) is 13.8 Å². The van der Waals surface area contributed by atoms with Crippen molar-refractivity contribution in [2.75, 3.05) is 5.32 Å². The number of nitrogens with one attached hydrogen (secondary N) is 2. The lowest BCUT2D eigenvalue weighted by Gasteiger charge is -2.06. The Morgan fingerprint density at radius 1 is 1.30 bits per heavy atom. The smallest absolute Gasteiger partial charge is 0.255 e. The number of anilines is 1. The Morgan fingerprint density at radius 3 is 2.80 bits per heavy atom. The normalized spacial score (nSPS) is 10.9. The predicted octanol–water partition coefficient (Wildman–Crippen LogP) is 2.77. The second-order valence-corrected chi connectivity index (χ2v) is 4.96. The van der Waals surface area contributed by atoms with Crippen LogP contribution in [-0.2, 0) is 7.05 Å². The fraction of sp³-hybridized carbons (Fsp3) is 0.200. The maximum Gasteiger partial charge on any atom is 0.255 e. The zero-order chi connectivity index (χ0) is 14.3. The van der Waals surface area contributed by atoms with Crippen molar-refractivity contribution in [3.05, 3.63) is 47.4 Å². The first-order chi connectivity index (χ1) is 9.56. The minimum Gasteiger partial charge on any atom is -0.351 e. The van der Waals surface area contributed by atoms with Gasteiger partial charge in [-0.05, 0) is 37.4 Å². The van der Waals surface area contributed by atoms with Crippen LogP contribution in [0, 0.1) is 13.8 Å². The molecule has 3 rings (SSSR count). The minimum atomic E-state index is -0.124. The van der Waals surface area contributed by atoms with E-state index in [1.54, 1.807) is 0 Å². The zero-order valence-electron chi connectivity index (χ0n) is 11.7. The van der Waals surface area contributed by atoms with Crippen LogP contribution in [-0.4, -0.2) is 20.7 Å². The quantitative estimate of drug-likeness (QED) is 0.750. The molecule has 0 radical (unpaired) electrons. The Morgan fingerprint density at radius 2 is 2.10 bits per heavy atom. The van der Waals surface area contributed by atoms with Gasteiger partial charge in [0, 0.05) is 24.3 Å². The van der Waals surface area contributed by atoms with E-state index in [-0.39, 0.29) is 5.91 Å². The van der Waals surface area contributed by atoms with Crippen LogP contribution in [0.4, 0.5) is 5.69 Å². The summed E-state index contributed by atoms with van der Waals surface area (Å²) >= 11 is 0. The number of benzene rings is 1. The molecule has 1 amide bonds. The summed E-state index contributed by atoms with van der Waals surface area (Å²) in [4.78, 5) is 12.3. The summed E-state index contributed by atoms with van der Waals surface area (Å²) in [5, 5.41) is 11.0. The summed E-state index contributed by atoms with van der Waals surface area (Å²) in [5.74, 6) is -0.124. The molecular weight excluding hydrogens is 252 g/mol. The van der Waals surface area contributed by atoms with E-state index in [4.69, 9.17) is 0 Å². The Bertz CT molecular complexity index is 778. The molecule has 0 bridgehead atoms. The average Bonchev–Trinajstić information content (AvgIpc) is 2.96. The molecule has 0 spiro atoms. The number of nitrogens with zero attached hydrogens (tertiary/aromatic N) is 2. The second-order valence-electron chi connectivity index (χ2n) is 4.96. The van der Waals surface area contributed by atoms with Gasteiger partial charge in [0.15, 0.2) is 0 Å². The van der Waals surface area contributed by atoms with E-state index < -0.39 is 0 Å². The summed E-state index contributed by atoms with van der Waals surface area (Å²) in [6, 6.07) is 7.72. The van der Waals surface area contributed by atoms with E-state index >= 15 is 0 Å². The molecule has 1 aromatic carbocycles. The molecular formula is C15H16N4O. The van der Waals surface area contributed by atoms with E-state index in [1.165, 1.54) is 0 Å². The number of hydrogen-bond acceptors (Lipinski definition) is 2. The van der Waals surface area contributed by atoms with Crippen molar-refractivity contribution in [3.63, 3.8) is 0 Å².